The molecule has 6 heteroatoms. The molecule has 116 valence electrons. The first-order valence-electron chi connectivity index (χ1n) is 7.03. The van der Waals surface area contributed by atoms with Gasteiger partial charge in [0, 0.05) is 11.8 Å². The third-order valence-electron chi connectivity index (χ3n) is 3.20. The average molecular weight is 309 g/mol. The fourth-order valence-electron chi connectivity index (χ4n) is 2.13. The van der Waals surface area contributed by atoms with Crippen LogP contribution in [0.25, 0.3) is 10.9 Å². The van der Waals surface area contributed by atoms with E-state index in [2.05, 4.69) is 15.3 Å². The number of carbonyl (C=O) groups excluding carboxylic acids is 1. The number of fused-ring (bicyclic) bond motifs is 1. The topological polar surface area (TPSA) is 73.3 Å². The third-order valence-corrected chi connectivity index (χ3v) is 3.20. The van der Waals surface area contributed by atoms with Gasteiger partial charge >= 0.3 is 0 Å². The molecule has 1 heterocycles. The van der Waals surface area contributed by atoms with Crippen molar-refractivity contribution in [2.24, 2.45) is 0 Å². The lowest BCUT2D eigenvalue weighted by Crippen LogP contribution is -2.20. The summed E-state index contributed by atoms with van der Waals surface area (Å²) in [5, 5.41) is 3.52. The van der Waals surface area contributed by atoms with Crippen LogP contribution in [-0.2, 0) is 4.79 Å². The summed E-state index contributed by atoms with van der Waals surface area (Å²) in [5.74, 6) is 0.780. The lowest BCUT2D eigenvalue weighted by molar-refractivity contribution is -0.118. The summed E-state index contributed by atoms with van der Waals surface area (Å²) < 4.78 is 10.6. The van der Waals surface area contributed by atoms with E-state index in [1.165, 1.54) is 6.33 Å². The molecule has 3 rings (SSSR count). The predicted molar refractivity (Wildman–Crippen MR) is 86.7 cm³/mol. The number of methoxy groups -OCH3 is 1. The number of rotatable bonds is 5. The van der Waals surface area contributed by atoms with Crippen LogP contribution in [0.15, 0.2) is 54.9 Å². The van der Waals surface area contributed by atoms with Crippen LogP contribution in [0.5, 0.6) is 11.6 Å². The van der Waals surface area contributed by atoms with Gasteiger partial charge in [-0.15, -0.1) is 0 Å². The molecule has 0 bridgehead atoms. The molecule has 1 amide bonds. The average Bonchev–Trinajstić information content (AvgIpc) is 2.60. The smallest absolute Gasteiger partial charge is 0.262 e. The number of anilines is 1. The predicted octanol–water partition coefficient (Wildman–Crippen LogP) is 2.66. The zero-order valence-electron chi connectivity index (χ0n) is 12.5. The van der Waals surface area contributed by atoms with E-state index in [1.807, 2.05) is 24.3 Å². The highest BCUT2D eigenvalue weighted by Crippen LogP contribution is 2.20. The molecule has 0 unspecified atom stereocenters. The number of nitrogens with zero attached hydrogens (tertiary/aromatic N) is 2. The van der Waals surface area contributed by atoms with Gasteiger partial charge in [-0.05, 0) is 24.3 Å². The SMILES string of the molecule is COc1cccc(NC(=O)COc2ncnc3ccccc23)c1. The van der Waals surface area contributed by atoms with E-state index < -0.39 is 0 Å². The van der Waals surface area contributed by atoms with Crippen LogP contribution in [0.4, 0.5) is 5.69 Å². The number of hydrogen-bond acceptors (Lipinski definition) is 5. The number of carbonyl (C=O) groups is 1. The number of para-hydroxylation sites is 1. The van der Waals surface area contributed by atoms with Gasteiger partial charge in [0.2, 0.25) is 5.88 Å². The molecule has 0 fully saturated rings. The van der Waals surface area contributed by atoms with Gasteiger partial charge < -0.3 is 14.8 Å². The van der Waals surface area contributed by atoms with Gasteiger partial charge in [-0.2, -0.15) is 0 Å². The van der Waals surface area contributed by atoms with Crippen molar-refractivity contribution in [2.75, 3.05) is 19.0 Å². The second kappa shape index (κ2) is 6.74. The molecule has 0 aliphatic carbocycles. The van der Waals surface area contributed by atoms with Crippen molar-refractivity contribution < 1.29 is 14.3 Å². The first-order chi connectivity index (χ1) is 11.3. The van der Waals surface area contributed by atoms with Crippen molar-refractivity contribution in [3.8, 4) is 11.6 Å². The quantitative estimate of drug-likeness (QED) is 0.784. The van der Waals surface area contributed by atoms with Crippen molar-refractivity contribution in [3.05, 3.63) is 54.9 Å². The Morgan fingerprint density at radius 3 is 2.87 bits per heavy atom. The molecule has 1 N–H and O–H groups in total. The van der Waals surface area contributed by atoms with E-state index in [-0.39, 0.29) is 12.5 Å². The molecule has 2 aromatic carbocycles. The zero-order valence-corrected chi connectivity index (χ0v) is 12.5. The van der Waals surface area contributed by atoms with Crippen LogP contribution >= 0.6 is 0 Å². The molecule has 3 aromatic rings. The summed E-state index contributed by atoms with van der Waals surface area (Å²) in [6.07, 6.45) is 1.41. The molecule has 0 atom stereocenters. The lowest BCUT2D eigenvalue weighted by Gasteiger charge is -2.09. The molecule has 0 aliphatic heterocycles. The Morgan fingerprint density at radius 1 is 1.13 bits per heavy atom. The summed E-state index contributed by atoms with van der Waals surface area (Å²) in [6, 6.07) is 14.6. The number of benzene rings is 2. The summed E-state index contributed by atoms with van der Waals surface area (Å²) in [6.45, 7) is -0.141. The van der Waals surface area contributed by atoms with Crippen LogP contribution in [0, 0.1) is 0 Å². The highest BCUT2D eigenvalue weighted by Gasteiger charge is 2.08. The molecule has 0 radical (unpaired) electrons. The molecule has 0 saturated heterocycles. The first-order valence-corrected chi connectivity index (χ1v) is 7.03. The van der Waals surface area contributed by atoms with Crippen molar-refractivity contribution in [1.29, 1.82) is 0 Å². The Kier molecular flexibility index (Phi) is 4.33. The van der Waals surface area contributed by atoms with Crippen LogP contribution in [-0.4, -0.2) is 29.6 Å². The summed E-state index contributed by atoms with van der Waals surface area (Å²) >= 11 is 0. The van der Waals surface area contributed by atoms with Crippen LogP contribution in [0.1, 0.15) is 0 Å². The van der Waals surface area contributed by atoms with Gasteiger partial charge in [0.05, 0.1) is 18.0 Å². The minimum absolute atomic E-state index is 0.141. The molecule has 0 aliphatic rings. The van der Waals surface area contributed by atoms with Crippen LogP contribution in [0.2, 0.25) is 0 Å². The summed E-state index contributed by atoms with van der Waals surface area (Å²) in [7, 11) is 1.57. The van der Waals surface area contributed by atoms with E-state index in [0.717, 1.165) is 10.9 Å². The Labute approximate surface area is 133 Å². The third kappa shape index (κ3) is 3.55. The van der Waals surface area contributed by atoms with Crippen molar-refractivity contribution >= 4 is 22.5 Å². The standard InChI is InChI=1S/C17H15N3O3/c1-22-13-6-4-5-12(9-13)20-16(21)10-23-17-14-7-2-3-8-15(14)18-11-19-17/h2-9,11H,10H2,1H3,(H,20,21). The van der Waals surface area contributed by atoms with Gasteiger partial charge in [0.25, 0.3) is 5.91 Å². The van der Waals surface area contributed by atoms with Gasteiger partial charge in [-0.1, -0.05) is 18.2 Å². The van der Waals surface area contributed by atoms with Crippen LogP contribution < -0.4 is 14.8 Å². The lowest BCUT2D eigenvalue weighted by atomic mass is 10.2. The molecule has 23 heavy (non-hydrogen) atoms. The Morgan fingerprint density at radius 2 is 2.00 bits per heavy atom. The molecular formula is C17H15N3O3. The van der Waals surface area contributed by atoms with E-state index in [4.69, 9.17) is 9.47 Å². The molecule has 0 saturated carbocycles. The maximum Gasteiger partial charge on any atom is 0.262 e. The number of nitrogens with one attached hydrogen (secondary N) is 1. The van der Waals surface area contributed by atoms with E-state index in [0.29, 0.717) is 17.3 Å². The normalized spacial score (nSPS) is 10.3. The second-order valence-corrected chi connectivity index (χ2v) is 4.76. The fourth-order valence-corrected chi connectivity index (χ4v) is 2.13. The zero-order chi connectivity index (χ0) is 16.1. The molecule has 1 aromatic heterocycles. The molecular weight excluding hydrogens is 294 g/mol. The number of amides is 1. The fraction of sp³-hybridized carbons (Fsp3) is 0.118. The molecule has 6 nitrogen and oxygen atoms in total. The Bertz CT molecular complexity index is 831. The van der Waals surface area contributed by atoms with E-state index in [9.17, 15) is 4.79 Å². The highest BCUT2D eigenvalue weighted by molar-refractivity contribution is 5.92. The maximum absolute atomic E-state index is 12.0. The monoisotopic (exact) mass is 309 g/mol. The van der Waals surface area contributed by atoms with Crippen LogP contribution in [0.3, 0.4) is 0 Å². The first kappa shape index (κ1) is 14.8. The summed E-state index contributed by atoms with van der Waals surface area (Å²) in [5.41, 5.74) is 1.41. The maximum atomic E-state index is 12.0. The van der Waals surface area contributed by atoms with Crippen molar-refractivity contribution in [2.45, 2.75) is 0 Å². The number of hydrogen-bond donors (Lipinski definition) is 1. The minimum atomic E-state index is -0.277. The van der Waals surface area contributed by atoms with Gasteiger partial charge in [-0.3, -0.25) is 4.79 Å². The van der Waals surface area contributed by atoms with Crippen molar-refractivity contribution in [3.63, 3.8) is 0 Å². The second-order valence-electron chi connectivity index (χ2n) is 4.76. The minimum Gasteiger partial charge on any atom is -0.497 e. The Hall–Kier alpha value is -3.15. The number of aromatic nitrogens is 2. The van der Waals surface area contributed by atoms with Crippen molar-refractivity contribution in [1.82, 2.24) is 9.97 Å². The number of ether oxygens (including phenoxy) is 2. The van der Waals surface area contributed by atoms with E-state index >= 15 is 0 Å². The van der Waals surface area contributed by atoms with E-state index in [1.54, 1.807) is 31.4 Å². The molecule has 0 spiro atoms. The largest absolute Gasteiger partial charge is 0.497 e. The Balaban J connectivity index is 1.66. The van der Waals surface area contributed by atoms with Gasteiger partial charge in [-0.25, -0.2) is 9.97 Å². The highest BCUT2D eigenvalue weighted by atomic mass is 16.5. The summed E-state index contributed by atoms with van der Waals surface area (Å²) in [4.78, 5) is 20.2. The van der Waals surface area contributed by atoms with Gasteiger partial charge in [0.1, 0.15) is 12.1 Å². The van der Waals surface area contributed by atoms with Gasteiger partial charge in [0.15, 0.2) is 6.61 Å².